The summed E-state index contributed by atoms with van der Waals surface area (Å²) in [6.07, 6.45) is 1.21. The Morgan fingerprint density at radius 1 is 1.43 bits per heavy atom. The van der Waals surface area contributed by atoms with Gasteiger partial charge in [-0.05, 0) is 12.5 Å². The van der Waals surface area contributed by atoms with Crippen LogP contribution in [-0.4, -0.2) is 38.6 Å². The van der Waals surface area contributed by atoms with Gasteiger partial charge in [-0.15, -0.1) is 0 Å². The van der Waals surface area contributed by atoms with Gasteiger partial charge in [0.25, 0.3) is 5.91 Å². The number of nitrogen functional groups attached to an aromatic ring is 1. The molecule has 1 unspecified atom stereocenters. The van der Waals surface area contributed by atoms with Crippen molar-refractivity contribution in [1.29, 1.82) is 0 Å². The van der Waals surface area contributed by atoms with Crippen molar-refractivity contribution in [2.24, 2.45) is 0 Å². The minimum atomic E-state index is -0.328. The highest BCUT2D eigenvalue weighted by molar-refractivity contribution is 6.01. The number of nitrogens with one attached hydrogen (secondary N) is 2. The molecule has 1 aromatic rings. The first-order valence-electron chi connectivity index (χ1n) is 6.64. The fourth-order valence-electron chi connectivity index (χ4n) is 2.22. The van der Waals surface area contributed by atoms with E-state index in [2.05, 4.69) is 10.6 Å². The van der Waals surface area contributed by atoms with E-state index in [9.17, 15) is 9.59 Å². The summed E-state index contributed by atoms with van der Waals surface area (Å²) in [6.45, 7) is 0.365. The summed E-state index contributed by atoms with van der Waals surface area (Å²) in [6, 6.07) is 3.14. The molecule has 7 nitrogen and oxygen atoms in total. The van der Waals surface area contributed by atoms with Crippen molar-refractivity contribution in [3.63, 3.8) is 0 Å². The molecule has 0 spiro atoms. The maximum Gasteiger partial charge on any atom is 0.253 e. The summed E-state index contributed by atoms with van der Waals surface area (Å²) in [7, 11) is 2.97. The monoisotopic (exact) mass is 293 g/mol. The zero-order chi connectivity index (χ0) is 15.4. The van der Waals surface area contributed by atoms with Gasteiger partial charge < -0.3 is 25.8 Å². The van der Waals surface area contributed by atoms with Crippen LogP contribution in [0.3, 0.4) is 0 Å². The first kappa shape index (κ1) is 15.0. The van der Waals surface area contributed by atoms with E-state index in [0.29, 0.717) is 24.5 Å². The Kier molecular flexibility index (Phi) is 4.52. The minimum absolute atomic E-state index is 0.0109. The Hall–Kier alpha value is -2.44. The van der Waals surface area contributed by atoms with Crippen LogP contribution in [0.1, 0.15) is 23.2 Å². The number of carbonyl (C=O) groups excluding carboxylic acids is 2. The number of benzene rings is 1. The quantitative estimate of drug-likeness (QED) is 0.677. The maximum absolute atomic E-state index is 12.2. The Bertz CT molecular complexity index is 559. The number of ether oxygens (including phenoxy) is 2. The Balaban J connectivity index is 2.09. The molecule has 2 amide bonds. The lowest BCUT2D eigenvalue weighted by atomic mass is 10.1. The molecule has 114 valence electrons. The van der Waals surface area contributed by atoms with Gasteiger partial charge in [0, 0.05) is 25.1 Å². The lowest BCUT2D eigenvalue weighted by Crippen LogP contribution is -2.38. The average Bonchev–Trinajstić information content (AvgIpc) is 2.90. The molecular formula is C14H19N3O4. The van der Waals surface area contributed by atoms with Gasteiger partial charge in [-0.1, -0.05) is 0 Å². The standard InChI is InChI=1S/C14H19N3O4/c1-20-9-5-10(13(15)11(6-9)21-2)14(19)16-7-8-3-4-12(18)17-8/h5-6,8H,3-4,7,15H2,1-2H3,(H,16,19)(H,17,18). The number of carbonyl (C=O) groups is 2. The van der Waals surface area contributed by atoms with E-state index in [1.807, 2.05) is 0 Å². The highest BCUT2D eigenvalue weighted by Crippen LogP contribution is 2.30. The summed E-state index contributed by atoms with van der Waals surface area (Å²) in [4.78, 5) is 23.3. The van der Waals surface area contributed by atoms with Gasteiger partial charge in [-0.3, -0.25) is 9.59 Å². The van der Waals surface area contributed by atoms with Gasteiger partial charge in [0.1, 0.15) is 11.5 Å². The highest BCUT2D eigenvalue weighted by atomic mass is 16.5. The van der Waals surface area contributed by atoms with Gasteiger partial charge in [0.15, 0.2) is 0 Å². The topological polar surface area (TPSA) is 103 Å². The number of hydrogen-bond acceptors (Lipinski definition) is 5. The largest absolute Gasteiger partial charge is 0.497 e. The van der Waals surface area contributed by atoms with Crippen LogP contribution in [0.5, 0.6) is 11.5 Å². The van der Waals surface area contributed by atoms with E-state index in [-0.39, 0.29) is 29.1 Å². The van der Waals surface area contributed by atoms with E-state index >= 15 is 0 Å². The van der Waals surface area contributed by atoms with Gasteiger partial charge in [-0.2, -0.15) is 0 Å². The van der Waals surface area contributed by atoms with Crippen molar-refractivity contribution in [2.75, 3.05) is 26.5 Å². The van der Waals surface area contributed by atoms with Crippen LogP contribution in [-0.2, 0) is 4.79 Å². The summed E-state index contributed by atoms with van der Waals surface area (Å²) in [5.74, 6) is 0.552. The van der Waals surface area contributed by atoms with Crippen LogP contribution < -0.4 is 25.8 Å². The molecule has 0 aromatic heterocycles. The van der Waals surface area contributed by atoms with Gasteiger partial charge in [0.05, 0.1) is 25.5 Å². The predicted octanol–water partition coefficient (Wildman–Crippen LogP) is 0.294. The van der Waals surface area contributed by atoms with Crippen molar-refractivity contribution >= 4 is 17.5 Å². The lowest BCUT2D eigenvalue weighted by molar-refractivity contribution is -0.119. The molecule has 7 heteroatoms. The first-order chi connectivity index (χ1) is 10.0. The average molecular weight is 293 g/mol. The maximum atomic E-state index is 12.2. The lowest BCUT2D eigenvalue weighted by Gasteiger charge is -2.14. The number of anilines is 1. The molecule has 21 heavy (non-hydrogen) atoms. The van der Waals surface area contributed by atoms with E-state index in [0.717, 1.165) is 6.42 Å². The highest BCUT2D eigenvalue weighted by Gasteiger charge is 2.22. The van der Waals surface area contributed by atoms with Crippen LogP contribution in [0.4, 0.5) is 5.69 Å². The molecule has 1 heterocycles. The van der Waals surface area contributed by atoms with E-state index in [1.54, 1.807) is 12.1 Å². The molecule has 1 saturated heterocycles. The van der Waals surface area contributed by atoms with E-state index < -0.39 is 0 Å². The SMILES string of the molecule is COc1cc(OC)c(N)c(C(=O)NCC2CCC(=O)N2)c1. The summed E-state index contributed by atoms with van der Waals surface area (Å²) in [5.41, 5.74) is 6.46. The zero-order valence-electron chi connectivity index (χ0n) is 12.1. The molecule has 1 aliphatic rings. The van der Waals surface area contributed by atoms with Crippen molar-refractivity contribution in [3.05, 3.63) is 17.7 Å². The number of rotatable bonds is 5. The fraction of sp³-hybridized carbons (Fsp3) is 0.429. The molecule has 1 aliphatic heterocycles. The molecule has 0 aliphatic carbocycles. The van der Waals surface area contributed by atoms with Crippen LogP contribution >= 0.6 is 0 Å². The normalized spacial score (nSPS) is 17.2. The van der Waals surface area contributed by atoms with Crippen molar-refractivity contribution in [3.8, 4) is 11.5 Å². The number of methoxy groups -OCH3 is 2. The van der Waals surface area contributed by atoms with Crippen molar-refractivity contribution in [1.82, 2.24) is 10.6 Å². The zero-order valence-corrected chi connectivity index (χ0v) is 12.1. The number of nitrogens with two attached hydrogens (primary N) is 1. The van der Waals surface area contributed by atoms with Gasteiger partial charge >= 0.3 is 0 Å². The smallest absolute Gasteiger partial charge is 0.253 e. The third kappa shape index (κ3) is 3.36. The Morgan fingerprint density at radius 2 is 2.19 bits per heavy atom. The van der Waals surface area contributed by atoms with Crippen molar-refractivity contribution in [2.45, 2.75) is 18.9 Å². The molecule has 1 aromatic carbocycles. The fourth-order valence-corrected chi connectivity index (χ4v) is 2.22. The van der Waals surface area contributed by atoms with Crippen LogP contribution in [0.2, 0.25) is 0 Å². The summed E-state index contributed by atoms with van der Waals surface area (Å²) >= 11 is 0. The molecule has 2 rings (SSSR count). The van der Waals surface area contributed by atoms with E-state index in [1.165, 1.54) is 14.2 Å². The second-order valence-corrected chi connectivity index (χ2v) is 4.80. The van der Waals surface area contributed by atoms with Crippen LogP contribution in [0.15, 0.2) is 12.1 Å². The summed E-state index contributed by atoms with van der Waals surface area (Å²) in [5, 5.41) is 5.55. The van der Waals surface area contributed by atoms with Gasteiger partial charge in [0.2, 0.25) is 5.91 Å². The second-order valence-electron chi connectivity index (χ2n) is 4.80. The van der Waals surface area contributed by atoms with E-state index in [4.69, 9.17) is 15.2 Å². The third-order valence-electron chi connectivity index (χ3n) is 3.41. The van der Waals surface area contributed by atoms with Crippen LogP contribution in [0.25, 0.3) is 0 Å². The third-order valence-corrected chi connectivity index (χ3v) is 3.41. The first-order valence-corrected chi connectivity index (χ1v) is 6.64. The molecule has 1 atom stereocenters. The minimum Gasteiger partial charge on any atom is -0.497 e. The number of amides is 2. The molecule has 0 radical (unpaired) electrons. The predicted molar refractivity (Wildman–Crippen MR) is 77.5 cm³/mol. The van der Waals surface area contributed by atoms with Crippen molar-refractivity contribution < 1.29 is 19.1 Å². The van der Waals surface area contributed by atoms with Crippen LogP contribution in [0, 0.1) is 0 Å². The molecule has 4 N–H and O–H groups in total. The Morgan fingerprint density at radius 3 is 2.76 bits per heavy atom. The Labute approximate surface area is 122 Å². The molecule has 1 fully saturated rings. The van der Waals surface area contributed by atoms with Gasteiger partial charge in [-0.25, -0.2) is 0 Å². The molecular weight excluding hydrogens is 274 g/mol. The summed E-state index contributed by atoms with van der Waals surface area (Å²) < 4.78 is 10.3. The number of hydrogen-bond donors (Lipinski definition) is 3. The molecule has 0 saturated carbocycles. The second kappa shape index (κ2) is 6.34. The molecule has 0 bridgehead atoms.